The molecule has 0 bridgehead atoms. The van der Waals surface area contributed by atoms with E-state index in [9.17, 15) is 4.39 Å². The number of hydrogen-bond donors (Lipinski definition) is 2. The number of nitrogens with one attached hydrogen (secondary N) is 2. The zero-order chi connectivity index (χ0) is 26.1. The molecule has 4 aromatic rings. The van der Waals surface area contributed by atoms with Crippen LogP contribution in [0.2, 0.25) is 0 Å². The maximum Gasteiger partial charge on any atom is 0.228 e. The van der Waals surface area contributed by atoms with Crippen molar-refractivity contribution in [2.75, 3.05) is 18.4 Å². The van der Waals surface area contributed by atoms with Gasteiger partial charge in [-0.15, -0.1) is 0 Å². The van der Waals surface area contributed by atoms with Crippen LogP contribution in [0.4, 0.5) is 10.3 Å². The lowest BCUT2D eigenvalue weighted by molar-refractivity contribution is 0.304. The minimum absolute atomic E-state index is 0.164. The fraction of sp³-hybridized carbons (Fsp3) is 0.387. The zero-order valence-electron chi connectivity index (χ0n) is 22.0. The Morgan fingerprint density at radius 1 is 1.08 bits per heavy atom. The molecule has 0 amide bonds. The summed E-state index contributed by atoms with van der Waals surface area (Å²) in [4.78, 5) is 13.8. The van der Waals surface area contributed by atoms with Gasteiger partial charge in [0.2, 0.25) is 11.8 Å². The second-order valence-corrected chi connectivity index (χ2v) is 10.9. The molecule has 0 radical (unpaired) electrons. The lowest BCUT2D eigenvalue weighted by atomic mass is 9.97. The Morgan fingerprint density at radius 2 is 1.97 bits per heavy atom. The molecule has 7 heteroatoms. The predicted octanol–water partition coefficient (Wildman–Crippen LogP) is 6.64. The van der Waals surface area contributed by atoms with Crippen LogP contribution in [-0.2, 0) is 6.42 Å². The SMILES string of the molecule is Cc1ccc2c(CCC3CC3(C)F)cccc2c1Oc1ncccc1-c1ccnc(N[C@H]2CCCNC2)n1. The van der Waals surface area contributed by atoms with E-state index in [-0.39, 0.29) is 5.92 Å². The normalized spacial score (nSPS) is 22.8. The number of aromatic nitrogens is 3. The van der Waals surface area contributed by atoms with E-state index in [2.05, 4.69) is 50.9 Å². The molecule has 0 spiro atoms. The number of fused-ring (bicyclic) bond motifs is 1. The van der Waals surface area contributed by atoms with Gasteiger partial charge < -0.3 is 15.4 Å². The topological polar surface area (TPSA) is 72.0 Å². The summed E-state index contributed by atoms with van der Waals surface area (Å²) in [5.74, 6) is 2.06. The van der Waals surface area contributed by atoms with Gasteiger partial charge >= 0.3 is 0 Å². The van der Waals surface area contributed by atoms with Gasteiger partial charge in [0.05, 0.1) is 11.3 Å². The largest absolute Gasteiger partial charge is 0.437 e. The van der Waals surface area contributed by atoms with Crippen LogP contribution in [0.15, 0.2) is 60.9 Å². The van der Waals surface area contributed by atoms with Crippen LogP contribution < -0.4 is 15.4 Å². The van der Waals surface area contributed by atoms with E-state index >= 15 is 0 Å². The average Bonchev–Trinajstić information content (AvgIpc) is 3.56. The molecule has 1 aliphatic heterocycles. The van der Waals surface area contributed by atoms with Crippen molar-refractivity contribution in [1.82, 2.24) is 20.3 Å². The standard InChI is InChI=1S/C31H34FN5O/c1-20-10-13-24-21(11-12-22-18-31(22,2)32)6-3-8-25(24)28(20)38-29-26(9-5-16-34-29)27-14-17-35-30(37-27)36-23-7-4-15-33-19-23/h3,5-6,8-10,13-14,16-17,22-23,33H,4,7,11-12,15,18-19H2,1-2H3,(H,35,36,37)/t22?,23-,31?/m0/s1. The van der Waals surface area contributed by atoms with Gasteiger partial charge in [-0.2, -0.15) is 0 Å². The molecule has 2 N–H and O–H groups in total. The predicted molar refractivity (Wildman–Crippen MR) is 149 cm³/mol. The molecule has 2 aromatic carbocycles. The molecular weight excluding hydrogens is 477 g/mol. The summed E-state index contributed by atoms with van der Waals surface area (Å²) in [7, 11) is 0. The van der Waals surface area contributed by atoms with Crippen molar-refractivity contribution in [3.8, 4) is 22.9 Å². The Balaban J connectivity index is 1.29. The Bertz CT molecular complexity index is 1450. The molecule has 2 aromatic heterocycles. The van der Waals surface area contributed by atoms with Crippen LogP contribution in [0.1, 0.15) is 43.7 Å². The molecule has 1 saturated heterocycles. The lowest BCUT2D eigenvalue weighted by Gasteiger charge is -2.23. The summed E-state index contributed by atoms with van der Waals surface area (Å²) in [6.07, 6.45) is 8.13. The first-order valence-corrected chi connectivity index (χ1v) is 13.6. The van der Waals surface area contributed by atoms with Crippen molar-refractivity contribution in [1.29, 1.82) is 0 Å². The number of alkyl halides is 1. The highest BCUT2D eigenvalue weighted by Gasteiger charge is 2.50. The minimum atomic E-state index is -0.992. The quantitative estimate of drug-likeness (QED) is 0.276. The Morgan fingerprint density at radius 3 is 2.79 bits per heavy atom. The van der Waals surface area contributed by atoms with Gasteiger partial charge in [-0.25, -0.2) is 19.3 Å². The fourth-order valence-electron chi connectivity index (χ4n) is 5.51. The van der Waals surface area contributed by atoms with Crippen LogP contribution in [0, 0.1) is 12.8 Å². The Kier molecular flexibility index (Phi) is 6.70. The van der Waals surface area contributed by atoms with Gasteiger partial charge in [0, 0.05) is 30.4 Å². The first kappa shape index (κ1) is 24.7. The number of halogens is 1. The van der Waals surface area contributed by atoms with Gasteiger partial charge in [-0.1, -0.05) is 30.3 Å². The molecule has 3 heterocycles. The van der Waals surface area contributed by atoms with Crippen molar-refractivity contribution >= 4 is 16.7 Å². The van der Waals surface area contributed by atoms with E-state index in [0.717, 1.165) is 72.1 Å². The van der Waals surface area contributed by atoms with E-state index in [1.807, 2.05) is 25.1 Å². The molecule has 38 heavy (non-hydrogen) atoms. The Labute approximate surface area is 223 Å². The third-order valence-corrected chi connectivity index (χ3v) is 7.93. The number of rotatable bonds is 8. The van der Waals surface area contributed by atoms with Gasteiger partial charge in [0.15, 0.2) is 0 Å². The van der Waals surface area contributed by atoms with Crippen molar-refractivity contribution in [2.24, 2.45) is 5.92 Å². The highest BCUT2D eigenvalue weighted by molar-refractivity contribution is 5.92. The number of piperidine rings is 1. The number of aryl methyl sites for hydroxylation is 2. The van der Waals surface area contributed by atoms with Crippen molar-refractivity contribution in [3.63, 3.8) is 0 Å². The van der Waals surface area contributed by atoms with Crippen LogP contribution in [0.3, 0.4) is 0 Å². The van der Waals surface area contributed by atoms with E-state index in [0.29, 0.717) is 24.3 Å². The summed E-state index contributed by atoms with van der Waals surface area (Å²) >= 11 is 0. The molecule has 6 rings (SSSR count). The minimum Gasteiger partial charge on any atom is -0.437 e. The van der Waals surface area contributed by atoms with Crippen LogP contribution >= 0.6 is 0 Å². The number of hydrogen-bond acceptors (Lipinski definition) is 6. The van der Waals surface area contributed by atoms with Crippen molar-refractivity contribution in [3.05, 3.63) is 72.1 Å². The molecule has 2 aliphatic rings. The van der Waals surface area contributed by atoms with Gasteiger partial charge in [0.1, 0.15) is 11.4 Å². The third-order valence-electron chi connectivity index (χ3n) is 7.93. The molecule has 1 saturated carbocycles. The molecule has 2 unspecified atom stereocenters. The summed E-state index contributed by atoms with van der Waals surface area (Å²) < 4.78 is 20.7. The maximum atomic E-state index is 14.1. The Hall–Kier alpha value is -3.58. The summed E-state index contributed by atoms with van der Waals surface area (Å²) in [6, 6.07) is 16.6. The molecule has 6 nitrogen and oxygen atoms in total. The second-order valence-electron chi connectivity index (χ2n) is 10.9. The number of ether oxygens (including phenoxy) is 1. The molecular formula is C31H34FN5O. The van der Waals surface area contributed by atoms with Crippen molar-refractivity contribution < 1.29 is 9.13 Å². The van der Waals surface area contributed by atoms with E-state index in [4.69, 9.17) is 9.72 Å². The second kappa shape index (κ2) is 10.3. The third kappa shape index (κ3) is 5.20. The smallest absolute Gasteiger partial charge is 0.228 e. The van der Waals surface area contributed by atoms with Crippen LogP contribution in [0.5, 0.6) is 11.6 Å². The molecule has 1 aliphatic carbocycles. The average molecular weight is 512 g/mol. The summed E-state index contributed by atoms with van der Waals surface area (Å²) in [5, 5.41) is 9.05. The van der Waals surface area contributed by atoms with E-state index < -0.39 is 5.67 Å². The summed E-state index contributed by atoms with van der Waals surface area (Å²) in [5.41, 5.74) is 2.82. The highest BCUT2D eigenvalue weighted by atomic mass is 19.1. The molecule has 196 valence electrons. The van der Waals surface area contributed by atoms with E-state index in [1.165, 1.54) is 5.56 Å². The zero-order valence-corrected chi connectivity index (χ0v) is 22.0. The number of benzene rings is 2. The first-order valence-electron chi connectivity index (χ1n) is 13.6. The monoisotopic (exact) mass is 511 g/mol. The van der Waals surface area contributed by atoms with Gasteiger partial charge in [-0.3, -0.25) is 0 Å². The number of nitrogens with zero attached hydrogens (tertiary/aromatic N) is 3. The molecule has 3 atom stereocenters. The fourth-order valence-corrected chi connectivity index (χ4v) is 5.51. The first-order chi connectivity index (χ1) is 18.5. The van der Waals surface area contributed by atoms with Crippen LogP contribution in [-0.4, -0.2) is 39.8 Å². The van der Waals surface area contributed by atoms with Crippen molar-refractivity contribution in [2.45, 2.75) is 57.7 Å². The number of pyridine rings is 1. The summed E-state index contributed by atoms with van der Waals surface area (Å²) in [6.45, 7) is 5.73. The highest BCUT2D eigenvalue weighted by Crippen LogP contribution is 2.49. The van der Waals surface area contributed by atoms with Crippen LogP contribution in [0.25, 0.3) is 22.0 Å². The van der Waals surface area contributed by atoms with E-state index in [1.54, 1.807) is 19.3 Å². The number of anilines is 1. The van der Waals surface area contributed by atoms with Gasteiger partial charge in [0.25, 0.3) is 0 Å². The van der Waals surface area contributed by atoms with Gasteiger partial charge in [-0.05, 0) is 93.1 Å². The maximum absolute atomic E-state index is 14.1. The lowest BCUT2D eigenvalue weighted by Crippen LogP contribution is -2.38. The molecule has 2 fully saturated rings.